The Balaban J connectivity index is 3.60. The Bertz CT molecular complexity index is 133. The van der Waals surface area contributed by atoms with Crippen molar-refractivity contribution in [3.63, 3.8) is 0 Å². The van der Waals surface area contributed by atoms with Crippen LogP contribution in [0, 0.1) is 36.5 Å². The molecule has 0 saturated heterocycles. The van der Waals surface area contributed by atoms with Crippen molar-refractivity contribution in [2.24, 2.45) is 0 Å². The van der Waals surface area contributed by atoms with Gasteiger partial charge in [0.25, 0.3) is 0 Å². The molecule has 0 N–H and O–H groups in total. The zero-order valence-electron chi connectivity index (χ0n) is 3.00. The van der Waals surface area contributed by atoms with Gasteiger partial charge in [-0.3, -0.25) is 0 Å². The van der Waals surface area contributed by atoms with Gasteiger partial charge in [-0.15, -0.1) is 0 Å². The van der Waals surface area contributed by atoms with Crippen molar-refractivity contribution in [1.29, 1.82) is 0 Å². The monoisotopic (exact) mass is 72.0 g/mol. The summed E-state index contributed by atoms with van der Waals surface area (Å²) in [4.78, 5) is 0. The van der Waals surface area contributed by atoms with E-state index < -0.39 is 0 Å². The van der Waals surface area contributed by atoms with Gasteiger partial charge in [0, 0.05) is 0 Å². The van der Waals surface area contributed by atoms with Gasteiger partial charge < -0.3 is 0 Å². The number of rotatable bonds is 0. The molecule has 0 fully saturated rings. The van der Waals surface area contributed by atoms with Crippen molar-refractivity contribution in [3.8, 4) is 23.7 Å². The van der Waals surface area contributed by atoms with Crippen LogP contribution < -0.4 is 0 Å². The Morgan fingerprint density at radius 1 is 1.33 bits per heavy atom. The van der Waals surface area contributed by atoms with Crippen molar-refractivity contribution >= 4 is 0 Å². The normalized spacial score (nSPS) is 3.50. The van der Waals surface area contributed by atoms with Crippen LogP contribution in [0.3, 0.4) is 0 Å². The van der Waals surface area contributed by atoms with E-state index >= 15 is 0 Å². The van der Waals surface area contributed by atoms with E-state index in [9.17, 15) is 0 Å². The SMILES string of the molecule is [C]#CC#CC#[C+]. The molecule has 0 nitrogen and oxygen atoms in total. The predicted molar refractivity (Wildman–Crippen MR) is 22.0 cm³/mol. The number of hydrogen-bond donors (Lipinski definition) is 0. The molecule has 0 spiro atoms. The zero-order valence-corrected chi connectivity index (χ0v) is 3.00. The fraction of sp³-hybridized carbons (Fsp3) is 0. The van der Waals surface area contributed by atoms with Crippen LogP contribution in [0.25, 0.3) is 0 Å². The average Bonchev–Trinajstić information content (AvgIpc) is 1.61. The van der Waals surface area contributed by atoms with Crippen molar-refractivity contribution < 1.29 is 0 Å². The number of hydrogen-bond acceptors (Lipinski definition) is 0. The van der Waals surface area contributed by atoms with Gasteiger partial charge in [-0.05, 0) is 0 Å². The van der Waals surface area contributed by atoms with Crippen molar-refractivity contribution in [3.05, 3.63) is 12.8 Å². The third-order valence-corrected chi connectivity index (χ3v) is 0.188. The summed E-state index contributed by atoms with van der Waals surface area (Å²) in [5.74, 6) is 7.68. The Morgan fingerprint density at radius 3 is 2.17 bits per heavy atom. The second-order valence-corrected chi connectivity index (χ2v) is 0.500. The van der Waals surface area contributed by atoms with Crippen molar-refractivity contribution in [2.75, 3.05) is 0 Å². The summed E-state index contributed by atoms with van der Waals surface area (Å²) in [5.41, 5.74) is 0. The molecule has 0 aliphatic carbocycles. The molecule has 0 aliphatic rings. The zero-order chi connectivity index (χ0) is 4.83. The van der Waals surface area contributed by atoms with E-state index in [1.165, 1.54) is 0 Å². The van der Waals surface area contributed by atoms with Gasteiger partial charge >= 0.3 is 36.5 Å². The summed E-state index contributed by atoms with van der Waals surface area (Å²) in [7, 11) is 0. The molecule has 0 aromatic rings. The van der Waals surface area contributed by atoms with E-state index in [4.69, 9.17) is 12.8 Å². The Morgan fingerprint density at radius 2 is 2.00 bits per heavy atom. The molecule has 0 heterocycles. The molecule has 0 aromatic carbocycles. The van der Waals surface area contributed by atoms with Crippen LogP contribution in [-0.2, 0) is 0 Å². The first-order valence-corrected chi connectivity index (χ1v) is 1.25. The van der Waals surface area contributed by atoms with E-state index in [1.54, 1.807) is 11.8 Å². The molecule has 0 rings (SSSR count). The van der Waals surface area contributed by atoms with Crippen molar-refractivity contribution in [1.82, 2.24) is 0 Å². The van der Waals surface area contributed by atoms with Crippen LogP contribution in [0.5, 0.6) is 0 Å². The fourth-order valence-corrected chi connectivity index (χ4v) is 0.0625. The van der Waals surface area contributed by atoms with Crippen LogP contribution in [0.4, 0.5) is 0 Å². The van der Waals surface area contributed by atoms with Gasteiger partial charge in [-0.25, -0.2) is 0 Å². The van der Waals surface area contributed by atoms with E-state index in [0.29, 0.717) is 0 Å². The fourth-order valence-electron chi connectivity index (χ4n) is 0.0625. The molecule has 0 unspecified atom stereocenters. The van der Waals surface area contributed by atoms with Crippen molar-refractivity contribution in [2.45, 2.75) is 0 Å². The Labute approximate surface area is 37.6 Å². The molecule has 0 bridgehead atoms. The summed E-state index contributed by atoms with van der Waals surface area (Å²) < 4.78 is 0. The van der Waals surface area contributed by atoms with Gasteiger partial charge in [0.05, 0.1) is 0 Å². The summed E-state index contributed by atoms with van der Waals surface area (Å²) in [6, 6.07) is 0. The first-order valence-electron chi connectivity index (χ1n) is 1.25. The standard InChI is InChI=1S/C6/c1-3-5-6-4-2/q+1. The van der Waals surface area contributed by atoms with Crippen LogP contribution >= 0.6 is 0 Å². The molecule has 0 aliphatic heterocycles. The molecule has 0 aromatic heterocycles. The van der Waals surface area contributed by atoms with E-state index in [0.717, 1.165) is 0 Å². The summed E-state index contributed by atoms with van der Waals surface area (Å²) in [6.07, 6.45) is 12.3. The van der Waals surface area contributed by atoms with E-state index in [-0.39, 0.29) is 0 Å². The van der Waals surface area contributed by atoms with Gasteiger partial charge in [-0.2, -0.15) is 0 Å². The van der Waals surface area contributed by atoms with Gasteiger partial charge in [0.15, 0.2) is 0 Å². The van der Waals surface area contributed by atoms with Crippen LogP contribution in [0.2, 0.25) is 0 Å². The Hall–Kier alpha value is -1.10. The van der Waals surface area contributed by atoms with Crippen LogP contribution in [0.1, 0.15) is 0 Å². The summed E-state index contributed by atoms with van der Waals surface area (Å²) in [6.45, 7) is 0. The minimum atomic E-state index is 1.78. The van der Waals surface area contributed by atoms with Gasteiger partial charge in [0.1, 0.15) is 0 Å². The molecule has 6 heavy (non-hydrogen) atoms. The quantitative estimate of drug-likeness (QED) is 0.282. The second kappa shape index (κ2) is 3.90. The summed E-state index contributed by atoms with van der Waals surface area (Å²) >= 11 is 0. The first-order chi connectivity index (χ1) is 2.91. The predicted octanol–water partition coefficient (Wildman–Crippen LogP) is 0.169. The third-order valence-electron chi connectivity index (χ3n) is 0.188. The van der Waals surface area contributed by atoms with Gasteiger partial charge in [-0.1, -0.05) is 0 Å². The van der Waals surface area contributed by atoms with Gasteiger partial charge in [0.2, 0.25) is 0 Å². The van der Waals surface area contributed by atoms with E-state index in [1.807, 2.05) is 0 Å². The molecule has 1 radical (unpaired) electrons. The molecule has 0 amide bonds. The minimum absolute atomic E-state index is 1.78. The molecule has 23 valence electrons. The molecule has 0 atom stereocenters. The van der Waals surface area contributed by atoms with Crippen LogP contribution in [-0.4, -0.2) is 0 Å². The molecular weight excluding hydrogens is 72.1 g/mol. The van der Waals surface area contributed by atoms with Crippen LogP contribution in [0.15, 0.2) is 0 Å². The third kappa shape index (κ3) is 2.90. The second-order valence-electron chi connectivity index (χ2n) is 0.500. The topological polar surface area (TPSA) is 0 Å². The Kier molecular flexibility index (Phi) is 3.19. The molecular formula is C6+. The molecule has 0 heteroatoms. The first kappa shape index (κ1) is 4.90. The molecule has 0 saturated carbocycles. The summed E-state index contributed by atoms with van der Waals surface area (Å²) in [5, 5.41) is 0. The average molecular weight is 72.1 g/mol. The van der Waals surface area contributed by atoms with E-state index in [2.05, 4.69) is 11.8 Å². The maximum atomic E-state index is 6.16. The maximum absolute atomic E-state index is 6.16.